The zero-order valence-electron chi connectivity index (χ0n) is 13.8. The Labute approximate surface area is 140 Å². The summed E-state index contributed by atoms with van der Waals surface area (Å²) in [6, 6.07) is 14.4. The lowest BCUT2D eigenvalue weighted by Gasteiger charge is -2.11. The van der Waals surface area contributed by atoms with Crippen molar-refractivity contribution in [3.05, 3.63) is 78.0 Å². The lowest BCUT2D eigenvalue weighted by Crippen LogP contribution is -2.05. The summed E-state index contributed by atoms with van der Waals surface area (Å²) in [5.41, 5.74) is 6.36. The maximum atomic E-state index is 4.72. The van der Waals surface area contributed by atoms with E-state index in [-0.39, 0.29) is 0 Å². The fourth-order valence-electron chi connectivity index (χ4n) is 2.83. The monoisotopic (exact) mass is 317 g/mol. The molecule has 0 aliphatic carbocycles. The van der Waals surface area contributed by atoms with Crippen LogP contribution >= 0.6 is 0 Å². The van der Waals surface area contributed by atoms with Crippen LogP contribution in [0.25, 0.3) is 11.3 Å². The van der Waals surface area contributed by atoms with E-state index in [1.807, 2.05) is 29.9 Å². The Morgan fingerprint density at radius 2 is 1.92 bits per heavy atom. The average molecular weight is 317 g/mol. The Bertz CT molecular complexity index is 968. The zero-order chi connectivity index (χ0) is 16.5. The molecule has 0 aliphatic rings. The number of pyridine rings is 1. The number of hydrogen-bond acceptors (Lipinski definition) is 3. The van der Waals surface area contributed by atoms with Gasteiger partial charge in [-0.2, -0.15) is 5.10 Å². The fraction of sp³-hybridized carbons (Fsp3) is 0.158. The van der Waals surface area contributed by atoms with E-state index in [0.29, 0.717) is 0 Å². The molecule has 0 fully saturated rings. The summed E-state index contributed by atoms with van der Waals surface area (Å²) in [6.07, 6.45) is 5.81. The summed E-state index contributed by atoms with van der Waals surface area (Å²) >= 11 is 0. The van der Waals surface area contributed by atoms with Gasteiger partial charge in [-0.25, -0.2) is 9.67 Å². The number of rotatable bonds is 4. The van der Waals surface area contributed by atoms with Crippen LogP contribution in [0.1, 0.15) is 17.0 Å². The van der Waals surface area contributed by atoms with Gasteiger partial charge >= 0.3 is 0 Å². The maximum absolute atomic E-state index is 4.72. The van der Waals surface area contributed by atoms with Gasteiger partial charge in [0, 0.05) is 30.8 Å². The van der Waals surface area contributed by atoms with Crippen molar-refractivity contribution < 1.29 is 0 Å². The van der Waals surface area contributed by atoms with Crippen molar-refractivity contribution in [1.29, 1.82) is 0 Å². The minimum Gasteiger partial charge on any atom is -0.378 e. The van der Waals surface area contributed by atoms with Gasteiger partial charge in [-0.1, -0.05) is 30.3 Å². The molecule has 4 aromatic rings. The fourth-order valence-corrected chi connectivity index (χ4v) is 2.83. The Morgan fingerprint density at radius 1 is 1.08 bits per heavy atom. The Hall–Kier alpha value is -3.08. The van der Waals surface area contributed by atoms with Crippen LogP contribution in [0.5, 0.6) is 0 Å². The van der Waals surface area contributed by atoms with Crippen molar-refractivity contribution in [3.8, 4) is 5.69 Å². The summed E-state index contributed by atoms with van der Waals surface area (Å²) in [5, 5.41) is 7.87. The van der Waals surface area contributed by atoms with Crippen LogP contribution < -0.4 is 5.32 Å². The Kier molecular flexibility index (Phi) is 3.54. The first kappa shape index (κ1) is 14.5. The van der Waals surface area contributed by atoms with Crippen LogP contribution in [-0.2, 0) is 6.54 Å². The number of aryl methyl sites for hydroxylation is 2. The molecule has 0 bridgehead atoms. The molecule has 0 aliphatic heterocycles. The first-order valence-electron chi connectivity index (χ1n) is 7.99. The van der Waals surface area contributed by atoms with Gasteiger partial charge in [0.25, 0.3) is 0 Å². The van der Waals surface area contributed by atoms with E-state index < -0.39 is 0 Å². The number of anilines is 1. The summed E-state index contributed by atoms with van der Waals surface area (Å²) in [7, 11) is 0. The standard InChI is InChI=1S/C19H19N5/c1-14-15(2)23-13-17(24-10-6-9-21-24)11-18(19(23)22-14)20-12-16-7-4-3-5-8-16/h3-11,13,20H,12H2,1-2H3. The normalized spacial score (nSPS) is 11.1. The molecular formula is C19H19N5. The highest BCUT2D eigenvalue weighted by Gasteiger charge is 2.12. The van der Waals surface area contributed by atoms with Gasteiger partial charge < -0.3 is 9.72 Å². The number of nitrogens with zero attached hydrogens (tertiary/aromatic N) is 4. The molecule has 0 radical (unpaired) electrons. The van der Waals surface area contributed by atoms with Crippen molar-refractivity contribution in [2.45, 2.75) is 20.4 Å². The third-order valence-electron chi connectivity index (χ3n) is 4.28. The second-order valence-corrected chi connectivity index (χ2v) is 5.88. The molecule has 0 saturated carbocycles. The first-order valence-corrected chi connectivity index (χ1v) is 7.99. The third kappa shape index (κ3) is 2.54. The lowest BCUT2D eigenvalue weighted by molar-refractivity contribution is 0.867. The molecule has 0 spiro atoms. The highest BCUT2D eigenvalue weighted by molar-refractivity contribution is 5.71. The summed E-state index contributed by atoms with van der Waals surface area (Å²) in [5.74, 6) is 0. The molecule has 3 heterocycles. The van der Waals surface area contributed by atoms with E-state index in [4.69, 9.17) is 4.98 Å². The summed E-state index contributed by atoms with van der Waals surface area (Å²) < 4.78 is 3.99. The average Bonchev–Trinajstić information content (AvgIpc) is 3.24. The third-order valence-corrected chi connectivity index (χ3v) is 4.28. The van der Waals surface area contributed by atoms with E-state index >= 15 is 0 Å². The molecule has 5 nitrogen and oxygen atoms in total. The van der Waals surface area contributed by atoms with Crippen LogP contribution in [0.3, 0.4) is 0 Å². The van der Waals surface area contributed by atoms with Crippen molar-refractivity contribution in [2.24, 2.45) is 0 Å². The smallest absolute Gasteiger partial charge is 0.160 e. The minimum absolute atomic E-state index is 0.754. The number of hydrogen-bond donors (Lipinski definition) is 1. The Balaban J connectivity index is 1.79. The van der Waals surface area contributed by atoms with E-state index in [2.05, 4.69) is 58.3 Å². The van der Waals surface area contributed by atoms with E-state index in [1.54, 1.807) is 6.20 Å². The molecule has 0 unspecified atom stereocenters. The molecule has 0 atom stereocenters. The van der Waals surface area contributed by atoms with Crippen LogP contribution in [0, 0.1) is 13.8 Å². The molecule has 0 saturated heterocycles. The largest absolute Gasteiger partial charge is 0.378 e. The number of imidazole rings is 1. The first-order chi connectivity index (χ1) is 11.7. The minimum atomic E-state index is 0.754. The highest BCUT2D eigenvalue weighted by Crippen LogP contribution is 2.24. The van der Waals surface area contributed by atoms with Crippen molar-refractivity contribution in [1.82, 2.24) is 19.2 Å². The van der Waals surface area contributed by atoms with Gasteiger partial charge in [-0.05, 0) is 31.5 Å². The van der Waals surface area contributed by atoms with Gasteiger partial charge in [-0.3, -0.25) is 0 Å². The second-order valence-electron chi connectivity index (χ2n) is 5.88. The quantitative estimate of drug-likeness (QED) is 0.623. The maximum Gasteiger partial charge on any atom is 0.160 e. The SMILES string of the molecule is Cc1nc2c(NCc3ccccc3)cc(-n3cccn3)cn2c1C. The molecule has 0 amide bonds. The molecule has 5 heteroatoms. The van der Waals surface area contributed by atoms with Crippen molar-refractivity contribution in [3.63, 3.8) is 0 Å². The second kappa shape index (κ2) is 5.85. The van der Waals surface area contributed by atoms with Crippen LogP contribution in [0.2, 0.25) is 0 Å². The molecule has 3 aromatic heterocycles. The zero-order valence-corrected chi connectivity index (χ0v) is 13.8. The summed E-state index contributed by atoms with van der Waals surface area (Å²) in [4.78, 5) is 4.72. The number of benzene rings is 1. The number of fused-ring (bicyclic) bond motifs is 1. The van der Waals surface area contributed by atoms with E-state index in [1.165, 1.54) is 5.56 Å². The molecule has 1 N–H and O–H groups in total. The predicted octanol–water partition coefficient (Wildman–Crippen LogP) is 3.75. The molecule has 1 aromatic carbocycles. The van der Waals surface area contributed by atoms with Crippen LogP contribution in [0.15, 0.2) is 61.1 Å². The van der Waals surface area contributed by atoms with E-state index in [9.17, 15) is 0 Å². The van der Waals surface area contributed by atoms with Crippen molar-refractivity contribution in [2.75, 3.05) is 5.32 Å². The molecule has 24 heavy (non-hydrogen) atoms. The lowest BCUT2D eigenvalue weighted by atomic mass is 10.2. The molecule has 4 rings (SSSR count). The Morgan fingerprint density at radius 3 is 2.67 bits per heavy atom. The van der Waals surface area contributed by atoms with Gasteiger partial charge in [-0.15, -0.1) is 0 Å². The van der Waals surface area contributed by atoms with Crippen LogP contribution in [0.4, 0.5) is 5.69 Å². The molecular weight excluding hydrogens is 298 g/mol. The van der Waals surface area contributed by atoms with E-state index in [0.717, 1.165) is 35.0 Å². The number of aromatic nitrogens is 4. The molecule has 120 valence electrons. The predicted molar refractivity (Wildman–Crippen MR) is 95.6 cm³/mol. The van der Waals surface area contributed by atoms with Gasteiger partial charge in [0.1, 0.15) is 0 Å². The topological polar surface area (TPSA) is 47.2 Å². The van der Waals surface area contributed by atoms with Gasteiger partial charge in [0.05, 0.1) is 17.1 Å². The van der Waals surface area contributed by atoms with Gasteiger partial charge in [0.2, 0.25) is 0 Å². The summed E-state index contributed by atoms with van der Waals surface area (Å²) in [6.45, 7) is 4.88. The van der Waals surface area contributed by atoms with Gasteiger partial charge in [0.15, 0.2) is 5.65 Å². The van der Waals surface area contributed by atoms with Crippen molar-refractivity contribution >= 4 is 11.3 Å². The van der Waals surface area contributed by atoms with Crippen LogP contribution in [-0.4, -0.2) is 19.2 Å². The number of nitrogens with one attached hydrogen (secondary N) is 1. The highest BCUT2D eigenvalue weighted by atomic mass is 15.3.